The zero-order chi connectivity index (χ0) is 13.1. The maximum atomic E-state index is 13.7. The van der Waals surface area contributed by atoms with E-state index in [1.165, 1.54) is 12.1 Å². The molecule has 4 heteroatoms. The van der Waals surface area contributed by atoms with Gasteiger partial charge in [0, 0.05) is 20.4 Å². The number of hydrogen-bond donors (Lipinski definition) is 0. The molecule has 0 fully saturated rings. The predicted octanol–water partition coefficient (Wildman–Crippen LogP) is 5.81. The highest BCUT2D eigenvalue weighted by atomic mass is 79.9. The molecule has 0 aliphatic heterocycles. The Morgan fingerprint density at radius 3 is 2.56 bits per heavy atom. The number of rotatable bonds is 3. The molecular weight excluding hydrogens is 338 g/mol. The van der Waals surface area contributed by atoms with Gasteiger partial charge in [-0.25, -0.2) is 4.39 Å². The van der Waals surface area contributed by atoms with Gasteiger partial charge in [-0.3, -0.25) is 0 Å². The van der Waals surface area contributed by atoms with Gasteiger partial charge in [0.2, 0.25) is 0 Å². The summed E-state index contributed by atoms with van der Waals surface area (Å²) >= 11 is 15.5. The van der Waals surface area contributed by atoms with Gasteiger partial charge in [0.1, 0.15) is 5.82 Å². The topological polar surface area (TPSA) is 0 Å². The summed E-state index contributed by atoms with van der Waals surface area (Å²) < 4.78 is 13.7. The molecule has 0 aliphatic carbocycles. The minimum atomic E-state index is -0.270. The monoisotopic (exact) mass is 346 g/mol. The predicted molar refractivity (Wildman–Crippen MR) is 78.2 cm³/mol. The van der Waals surface area contributed by atoms with Crippen LogP contribution < -0.4 is 0 Å². The normalized spacial score (nSPS) is 12.4. The van der Waals surface area contributed by atoms with Gasteiger partial charge in [-0.05, 0) is 36.2 Å². The highest BCUT2D eigenvalue weighted by Crippen LogP contribution is 2.32. The van der Waals surface area contributed by atoms with Gasteiger partial charge in [-0.15, -0.1) is 0 Å². The first kappa shape index (κ1) is 13.9. The summed E-state index contributed by atoms with van der Waals surface area (Å²) in [5.41, 5.74) is 1.52. The second-order valence-electron chi connectivity index (χ2n) is 3.93. The van der Waals surface area contributed by atoms with Crippen LogP contribution in [0.1, 0.15) is 16.0 Å². The number of alkyl halides is 1. The van der Waals surface area contributed by atoms with E-state index in [4.69, 9.17) is 23.2 Å². The van der Waals surface area contributed by atoms with Crippen molar-refractivity contribution in [2.75, 3.05) is 0 Å². The molecule has 0 aliphatic rings. The Hall–Kier alpha value is -0.570. The van der Waals surface area contributed by atoms with Gasteiger partial charge < -0.3 is 0 Å². The average molecular weight is 348 g/mol. The lowest BCUT2D eigenvalue weighted by atomic mass is 10.0. The third-order valence-electron chi connectivity index (χ3n) is 2.65. The molecule has 0 radical (unpaired) electrons. The van der Waals surface area contributed by atoms with Crippen molar-refractivity contribution in [1.82, 2.24) is 0 Å². The van der Waals surface area contributed by atoms with Gasteiger partial charge in [0.25, 0.3) is 0 Å². The van der Waals surface area contributed by atoms with E-state index in [1.807, 2.05) is 24.3 Å². The van der Waals surface area contributed by atoms with Crippen LogP contribution in [0.15, 0.2) is 42.5 Å². The van der Waals surface area contributed by atoms with Crippen molar-refractivity contribution in [2.45, 2.75) is 11.2 Å². The van der Waals surface area contributed by atoms with Gasteiger partial charge >= 0.3 is 0 Å². The van der Waals surface area contributed by atoms with Crippen molar-refractivity contribution in [3.63, 3.8) is 0 Å². The lowest BCUT2D eigenvalue weighted by Gasteiger charge is -2.12. The Morgan fingerprint density at radius 1 is 1.11 bits per heavy atom. The number of benzene rings is 2. The molecule has 0 spiro atoms. The first-order valence-electron chi connectivity index (χ1n) is 5.40. The summed E-state index contributed by atoms with van der Waals surface area (Å²) in [6.07, 6.45) is 0.608. The SMILES string of the molecule is Fc1ccc(Cl)cc1C(Br)Cc1ccccc1Cl. The Labute approximate surface area is 124 Å². The molecule has 0 saturated heterocycles. The highest BCUT2D eigenvalue weighted by Gasteiger charge is 2.15. The van der Waals surface area contributed by atoms with E-state index < -0.39 is 0 Å². The molecule has 1 unspecified atom stereocenters. The van der Waals surface area contributed by atoms with E-state index in [9.17, 15) is 4.39 Å². The van der Waals surface area contributed by atoms with Gasteiger partial charge in [0.05, 0.1) is 0 Å². The lowest BCUT2D eigenvalue weighted by Crippen LogP contribution is -1.99. The number of halogens is 4. The van der Waals surface area contributed by atoms with Crippen LogP contribution in [-0.2, 0) is 6.42 Å². The van der Waals surface area contributed by atoms with Gasteiger partial charge in [-0.1, -0.05) is 57.3 Å². The zero-order valence-electron chi connectivity index (χ0n) is 9.34. The summed E-state index contributed by atoms with van der Waals surface area (Å²) in [7, 11) is 0. The Balaban J connectivity index is 2.25. The number of hydrogen-bond acceptors (Lipinski definition) is 0. The van der Waals surface area contributed by atoms with E-state index in [2.05, 4.69) is 15.9 Å². The average Bonchev–Trinajstić information content (AvgIpc) is 2.35. The molecule has 0 saturated carbocycles. The van der Waals surface area contributed by atoms with Crippen molar-refractivity contribution in [1.29, 1.82) is 0 Å². The molecule has 0 nitrogen and oxygen atoms in total. The minimum Gasteiger partial charge on any atom is -0.207 e. The summed E-state index contributed by atoms with van der Waals surface area (Å²) in [5.74, 6) is -0.270. The largest absolute Gasteiger partial charge is 0.207 e. The fourth-order valence-electron chi connectivity index (χ4n) is 1.72. The van der Waals surface area contributed by atoms with Gasteiger partial charge in [-0.2, -0.15) is 0 Å². The third kappa shape index (κ3) is 3.25. The minimum absolute atomic E-state index is 0.156. The van der Waals surface area contributed by atoms with Crippen LogP contribution in [0.4, 0.5) is 4.39 Å². The van der Waals surface area contributed by atoms with Crippen molar-refractivity contribution in [3.8, 4) is 0 Å². The molecule has 0 amide bonds. The van der Waals surface area contributed by atoms with E-state index in [-0.39, 0.29) is 10.6 Å². The molecule has 18 heavy (non-hydrogen) atoms. The summed E-state index contributed by atoms with van der Waals surface area (Å²) in [5, 5.41) is 1.21. The van der Waals surface area contributed by atoms with Crippen LogP contribution in [0.2, 0.25) is 10.0 Å². The second kappa shape index (κ2) is 6.05. The molecule has 2 aromatic carbocycles. The van der Waals surface area contributed by atoms with Crippen molar-refractivity contribution >= 4 is 39.1 Å². The summed E-state index contributed by atoms with van der Waals surface area (Å²) in [6, 6.07) is 12.1. The molecule has 0 bridgehead atoms. The van der Waals surface area contributed by atoms with E-state index in [0.29, 0.717) is 22.0 Å². The van der Waals surface area contributed by atoms with Crippen LogP contribution >= 0.6 is 39.1 Å². The van der Waals surface area contributed by atoms with Crippen LogP contribution in [0.25, 0.3) is 0 Å². The molecule has 0 N–H and O–H groups in total. The molecule has 2 rings (SSSR count). The second-order valence-corrected chi connectivity index (χ2v) is 5.88. The highest BCUT2D eigenvalue weighted by molar-refractivity contribution is 9.09. The van der Waals surface area contributed by atoms with Crippen molar-refractivity contribution < 1.29 is 4.39 Å². The fourth-order valence-corrected chi connectivity index (χ4v) is 2.81. The zero-order valence-corrected chi connectivity index (χ0v) is 12.4. The van der Waals surface area contributed by atoms with Crippen LogP contribution in [0.3, 0.4) is 0 Å². The van der Waals surface area contributed by atoms with Gasteiger partial charge in [0.15, 0.2) is 0 Å². The third-order valence-corrected chi connectivity index (χ3v) is 4.07. The van der Waals surface area contributed by atoms with Crippen LogP contribution in [0.5, 0.6) is 0 Å². The molecule has 94 valence electrons. The van der Waals surface area contributed by atoms with Crippen molar-refractivity contribution in [2.24, 2.45) is 0 Å². The van der Waals surface area contributed by atoms with Crippen LogP contribution in [0, 0.1) is 5.82 Å². The Morgan fingerprint density at radius 2 is 1.83 bits per heavy atom. The first-order valence-corrected chi connectivity index (χ1v) is 7.07. The van der Waals surface area contributed by atoms with E-state index in [0.717, 1.165) is 5.56 Å². The first-order chi connectivity index (χ1) is 8.58. The Kier molecular flexibility index (Phi) is 4.66. The molecular formula is C14H10BrCl2F. The standard InChI is InChI=1S/C14H10BrCl2F/c15-12(7-9-3-1-2-4-13(9)17)11-8-10(16)5-6-14(11)18/h1-6,8,12H,7H2. The summed E-state index contributed by atoms with van der Waals surface area (Å²) in [4.78, 5) is -0.156. The smallest absolute Gasteiger partial charge is 0.127 e. The van der Waals surface area contributed by atoms with Crippen molar-refractivity contribution in [3.05, 3.63) is 69.5 Å². The Bertz CT molecular complexity index is 557. The fraction of sp³-hybridized carbons (Fsp3) is 0.143. The molecule has 0 heterocycles. The maximum Gasteiger partial charge on any atom is 0.127 e. The van der Waals surface area contributed by atoms with E-state index in [1.54, 1.807) is 6.07 Å². The van der Waals surface area contributed by atoms with E-state index >= 15 is 0 Å². The lowest BCUT2D eigenvalue weighted by molar-refractivity contribution is 0.608. The maximum absolute atomic E-state index is 13.7. The summed E-state index contributed by atoms with van der Waals surface area (Å²) in [6.45, 7) is 0. The molecule has 0 aromatic heterocycles. The quantitative estimate of drug-likeness (QED) is 0.614. The van der Waals surface area contributed by atoms with Crippen LogP contribution in [-0.4, -0.2) is 0 Å². The molecule has 2 aromatic rings. The molecule has 1 atom stereocenters.